The number of hydrogen-bond acceptors (Lipinski definition) is 11. The first-order valence-electron chi connectivity index (χ1n) is 9.34. The molecule has 2 aromatic carbocycles. The number of benzene rings is 2. The number of nitrogen functional groups attached to an aromatic ring is 2. The van der Waals surface area contributed by atoms with Crippen LogP contribution in [0, 0.1) is 0 Å². The van der Waals surface area contributed by atoms with Crippen molar-refractivity contribution in [2.75, 3.05) is 18.1 Å². The van der Waals surface area contributed by atoms with Crippen molar-refractivity contribution in [1.82, 2.24) is 0 Å². The van der Waals surface area contributed by atoms with E-state index >= 15 is 0 Å². The summed E-state index contributed by atoms with van der Waals surface area (Å²) in [7, 11) is 0. The van der Waals surface area contributed by atoms with Crippen molar-refractivity contribution in [3.63, 3.8) is 0 Å². The first-order valence-corrected chi connectivity index (χ1v) is 9.34. The molecule has 1 aliphatic rings. The Morgan fingerprint density at radius 2 is 1.71 bits per heavy atom. The van der Waals surface area contributed by atoms with E-state index in [1.807, 2.05) is 0 Å². The molecule has 5 atom stereocenters. The van der Waals surface area contributed by atoms with Gasteiger partial charge in [-0.1, -0.05) is 6.07 Å². The van der Waals surface area contributed by atoms with Gasteiger partial charge in [-0.2, -0.15) is 0 Å². The highest BCUT2D eigenvalue weighted by Gasteiger charge is 2.44. The third-order valence-electron chi connectivity index (χ3n) is 4.60. The molecule has 8 N–H and O–H groups in total. The van der Waals surface area contributed by atoms with Gasteiger partial charge in [-0.15, -0.1) is 0 Å². The van der Waals surface area contributed by atoms with Crippen LogP contribution in [0.4, 0.5) is 16.2 Å². The van der Waals surface area contributed by atoms with E-state index in [4.69, 9.17) is 30.4 Å². The zero-order chi connectivity index (χ0) is 22.5. The summed E-state index contributed by atoms with van der Waals surface area (Å²) in [5.41, 5.74) is 12.7. The third-order valence-corrected chi connectivity index (χ3v) is 4.60. The summed E-state index contributed by atoms with van der Waals surface area (Å²) < 4.78 is 20.8. The van der Waals surface area contributed by atoms with E-state index < -0.39 is 43.5 Å². The van der Waals surface area contributed by atoms with E-state index in [2.05, 4.69) is 0 Å². The highest BCUT2D eigenvalue weighted by molar-refractivity contribution is 5.64. The highest BCUT2D eigenvalue weighted by Crippen LogP contribution is 2.29. The average molecular weight is 436 g/mol. The van der Waals surface area contributed by atoms with Crippen LogP contribution in [0.2, 0.25) is 0 Å². The minimum Gasteiger partial charge on any atom is -0.460 e. The van der Waals surface area contributed by atoms with E-state index in [-0.39, 0.29) is 23.8 Å². The Bertz CT molecular complexity index is 891. The van der Waals surface area contributed by atoms with Crippen LogP contribution in [-0.4, -0.2) is 63.9 Å². The van der Waals surface area contributed by atoms with E-state index in [1.165, 1.54) is 24.3 Å². The minimum atomic E-state index is -1.57. The number of anilines is 2. The van der Waals surface area contributed by atoms with Crippen molar-refractivity contribution in [3.05, 3.63) is 48.0 Å². The Morgan fingerprint density at radius 1 is 1.00 bits per heavy atom. The van der Waals surface area contributed by atoms with Gasteiger partial charge in [-0.25, -0.2) is 4.79 Å². The molecular weight excluding hydrogens is 412 g/mol. The van der Waals surface area contributed by atoms with Gasteiger partial charge >= 0.3 is 6.16 Å². The number of carbonyl (C=O) groups excluding carboxylic acids is 1. The molecule has 0 aromatic heterocycles. The van der Waals surface area contributed by atoms with Crippen LogP contribution in [0.3, 0.4) is 0 Å². The molecular formula is C20H24N2O9. The van der Waals surface area contributed by atoms with Gasteiger partial charge in [0.2, 0.25) is 6.29 Å². The Hall–Kier alpha value is -3.09. The second kappa shape index (κ2) is 9.81. The van der Waals surface area contributed by atoms with Crippen molar-refractivity contribution < 1.29 is 44.2 Å². The summed E-state index contributed by atoms with van der Waals surface area (Å²) in [6, 6.07) is 10.7. The number of nitrogens with two attached hydrogens (primary N) is 2. The van der Waals surface area contributed by atoms with Crippen LogP contribution >= 0.6 is 0 Å². The molecule has 0 bridgehead atoms. The number of hydrogen-bond donors (Lipinski definition) is 6. The van der Waals surface area contributed by atoms with Gasteiger partial charge in [0.05, 0.1) is 12.3 Å². The van der Waals surface area contributed by atoms with Crippen LogP contribution < -0.4 is 20.9 Å². The Labute approximate surface area is 177 Å². The van der Waals surface area contributed by atoms with Crippen LogP contribution in [-0.2, 0) is 16.1 Å². The maximum absolute atomic E-state index is 11.8. The molecule has 0 saturated carbocycles. The average Bonchev–Trinajstić information content (AvgIpc) is 2.75. The quantitative estimate of drug-likeness (QED) is 0.199. The van der Waals surface area contributed by atoms with Crippen molar-refractivity contribution in [3.8, 4) is 11.5 Å². The molecule has 168 valence electrons. The van der Waals surface area contributed by atoms with Gasteiger partial charge < -0.3 is 50.8 Å². The predicted molar refractivity (Wildman–Crippen MR) is 107 cm³/mol. The molecule has 11 heteroatoms. The second-order valence-electron chi connectivity index (χ2n) is 6.90. The number of rotatable bonds is 6. The maximum Gasteiger partial charge on any atom is 0.514 e. The lowest BCUT2D eigenvalue weighted by molar-refractivity contribution is -0.277. The lowest BCUT2D eigenvalue weighted by Gasteiger charge is -2.39. The standard InChI is InChI=1S/C20H24N2O9/c21-11-2-4-12(5-3-11)29-20(27)28-9-10-1-6-14(13(22)7-10)30-19-18(26)17(25)16(24)15(8-23)31-19/h1-7,15-19,23-26H,8-9,21-22H2/t15?,16-,17?,18-,19+/m0/s1. The van der Waals surface area contributed by atoms with Gasteiger partial charge in [0.25, 0.3) is 0 Å². The van der Waals surface area contributed by atoms with Crippen molar-refractivity contribution >= 4 is 17.5 Å². The number of aliphatic hydroxyl groups is 4. The molecule has 1 saturated heterocycles. The molecule has 0 spiro atoms. The van der Waals surface area contributed by atoms with Crippen LogP contribution in [0.5, 0.6) is 11.5 Å². The van der Waals surface area contributed by atoms with E-state index in [0.29, 0.717) is 11.3 Å². The molecule has 11 nitrogen and oxygen atoms in total. The summed E-state index contributed by atoms with van der Waals surface area (Å²) in [6.07, 6.45) is -8.02. The van der Waals surface area contributed by atoms with Crippen molar-refractivity contribution in [2.24, 2.45) is 0 Å². The number of carbonyl (C=O) groups is 1. The molecule has 1 fully saturated rings. The third kappa shape index (κ3) is 5.54. The van der Waals surface area contributed by atoms with Gasteiger partial charge in [-0.3, -0.25) is 0 Å². The molecule has 2 unspecified atom stereocenters. The largest absolute Gasteiger partial charge is 0.514 e. The predicted octanol–water partition coefficient (Wildman–Crippen LogP) is -0.255. The Kier molecular flexibility index (Phi) is 7.15. The second-order valence-corrected chi connectivity index (χ2v) is 6.90. The van der Waals surface area contributed by atoms with Crippen molar-refractivity contribution in [2.45, 2.75) is 37.3 Å². The van der Waals surface area contributed by atoms with Crippen LogP contribution in [0.25, 0.3) is 0 Å². The van der Waals surface area contributed by atoms with E-state index in [9.17, 15) is 25.2 Å². The molecule has 0 aliphatic carbocycles. The van der Waals surface area contributed by atoms with E-state index in [0.717, 1.165) is 0 Å². The van der Waals surface area contributed by atoms with Crippen LogP contribution in [0.1, 0.15) is 5.56 Å². The lowest BCUT2D eigenvalue weighted by Crippen LogP contribution is -2.60. The van der Waals surface area contributed by atoms with Crippen molar-refractivity contribution in [1.29, 1.82) is 0 Å². The highest BCUT2D eigenvalue weighted by atomic mass is 16.7. The van der Waals surface area contributed by atoms with Gasteiger partial charge in [0, 0.05) is 5.69 Å². The zero-order valence-corrected chi connectivity index (χ0v) is 16.3. The number of ether oxygens (including phenoxy) is 4. The molecule has 2 aromatic rings. The molecule has 3 rings (SSSR count). The summed E-state index contributed by atoms with van der Waals surface area (Å²) in [5, 5.41) is 38.9. The molecule has 0 radical (unpaired) electrons. The maximum atomic E-state index is 11.8. The van der Waals surface area contributed by atoms with Gasteiger partial charge in [-0.05, 0) is 42.0 Å². The number of aliphatic hydroxyl groups excluding tert-OH is 4. The molecule has 31 heavy (non-hydrogen) atoms. The topological polar surface area (TPSA) is 187 Å². The first kappa shape index (κ1) is 22.6. The molecule has 1 heterocycles. The van der Waals surface area contributed by atoms with Gasteiger partial charge in [0.15, 0.2) is 0 Å². The monoisotopic (exact) mass is 436 g/mol. The Morgan fingerprint density at radius 3 is 2.35 bits per heavy atom. The lowest BCUT2D eigenvalue weighted by atomic mass is 9.99. The SMILES string of the molecule is Nc1ccc(OC(=O)OCc2ccc(O[C@@H]3OC(CO)[C@H](O)C(O)[C@@H]3O)c(N)c2)cc1. The summed E-state index contributed by atoms with van der Waals surface area (Å²) in [6.45, 7) is -0.707. The fraction of sp³-hybridized carbons (Fsp3) is 0.350. The summed E-state index contributed by atoms with van der Waals surface area (Å²) >= 11 is 0. The normalized spacial score (nSPS) is 25.6. The summed E-state index contributed by atoms with van der Waals surface area (Å²) in [4.78, 5) is 11.8. The smallest absolute Gasteiger partial charge is 0.460 e. The summed E-state index contributed by atoms with van der Waals surface area (Å²) in [5.74, 6) is 0.402. The molecule has 1 aliphatic heterocycles. The first-order chi connectivity index (χ1) is 14.8. The molecule has 0 amide bonds. The van der Waals surface area contributed by atoms with Gasteiger partial charge in [0.1, 0.15) is 42.5 Å². The van der Waals surface area contributed by atoms with Crippen LogP contribution in [0.15, 0.2) is 42.5 Å². The Balaban J connectivity index is 1.57. The fourth-order valence-electron chi connectivity index (χ4n) is 2.89. The minimum absolute atomic E-state index is 0.123. The van der Waals surface area contributed by atoms with E-state index in [1.54, 1.807) is 18.2 Å². The fourth-order valence-corrected chi connectivity index (χ4v) is 2.89. The zero-order valence-electron chi connectivity index (χ0n) is 16.3.